The first-order valence-electron chi connectivity index (χ1n) is 7.40. The highest BCUT2D eigenvalue weighted by molar-refractivity contribution is 9.10. The van der Waals surface area contributed by atoms with Crippen LogP contribution < -0.4 is 15.8 Å². The van der Waals surface area contributed by atoms with Crippen molar-refractivity contribution < 1.29 is 14.4 Å². The minimum Gasteiger partial charge on any atom is -0.287 e. The largest absolute Gasteiger partial charge is 0.287 e. The van der Waals surface area contributed by atoms with Gasteiger partial charge in [-0.1, -0.05) is 23.7 Å². The lowest BCUT2D eigenvalue weighted by Gasteiger charge is -2.16. The topological polar surface area (TPSA) is 78.5 Å². The van der Waals surface area contributed by atoms with Gasteiger partial charge in [0, 0.05) is 9.50 Å². The summed E-state index contributed by atoms with van der Waals surface area (Å²) in [7, 11) is 0. The average Bonchev–Trinajstić information content (AvgIpc) is 2.88. The Balaban J connectivity index is 1.67. The van der Waals surface area contributed by atoms with E-state index in [1.807, 2.05) is 0 Å². The van der Waals surface area contributed by atoms with E-state index in [1.54, 1.807) is 48.5 Å². The molecule has 2 N–H and O–H groups in total. The third kappa shape index (κ3) is 3.73. The molecule has 0 bridgehead atoms. The average molecular weight is 423 g/mol. The second kappa shape index (κ2) is 7.35. The van der Waals surface area contributed by atoms with Gasteiger partial charge in [0.2, 0.25) is 5.91 Å². The molecule has 1 aliphatic heterocycles. The van der Waals surface area contributed by atoms with Gasteiger partial charge in [-0.2, -0.15) is 0 Å². The maximum absolute atomic E-state index is 12.5. The van der Waals surface area contributed by atoms with Crippen LogP contribution in [-0.4, -0.2) is 23.8 Å². The van der Waals surface area contributed by atoms with Crippen molar-refractivity contribution in [1.29, 1.82) is 0 Å². The molecule has 0 saturated carbocycles. The van der Waals surface area contributed by atoms with Crippen LogP contribution in [0.2, 0.25) is 5.02 Å². The van der Waals surface area contributed by atoms with Crippen LogP contribution in [0.4, 0.5) is 5.69 Å². The van der Waals surface area contributed by atoms with Gasteiger partial charge in [-0.15, -0.1) is 0 Å². The second-order valence-electron chi connectivity index (χ2n) is 5.38. The molecule has 0 aromatic heterocycles. The summed E-state index contributed by atoms with van der Waals surface area (Å²) in [5.41, 5.74) is 5.98. The van der Waals surface area contributed by atoms with Gasteiger partial charge >= 0.3 is 0 Å². The summed E-state index contributed by atoms with van der Waals surface area (Å²) in [5.74, 6) is -1.18. The van der Waals surface area contributed by atoms with Crippen LogP contribution >= 0.6 is 27.5 Å². The van der Waals surface area contributed by atoms with Crippen molar-refractivity contribution in [2.24, 2.45) is 0 Å². The highest BCUT2D eigenvalue weighted by atomic mass is 79.9. The molecule has 6 nitrogen and oxygen atoms in total. The number of carbonyl (C=O) groups excluding carboxylic acids is 3. The van der Waals surface area contributed by atoms with Crippen molar-refractivity contribution in [3.8, 4) is 0 Å². The number of carbonyl (C=O) groups is 3. The first kappa shape index (κ1) is 17.6. The van der Waals surface area contributed by atoms with Crippen molar-refractivity contribution in [3.63, 3.8) is 0 Å². The Bertz CT molecular complexity index is 841. The van der Waals surface area contributed by atoms with Crippen LogP contribution in [0.1, 0.15) is 16.8 Å². The molecule has 0 spiro atoms. The summed E-state index contributed by atoms with van der Waals surface area (Å²) in [4.78, 5) is 37.9. The number of hydrogen-bond acceptors (Lipinski definition) is 4. The number of nitrogens with one attached hydrogen (secondary N) is 2. The van der Waals surface area contributed by atoms with E-state index in [9.17, 15) is 14.4 Å². The van der Waals surface area contributed by atoms with Crippen LogP contribution in [0.25, 0.3) is 0 Å². The van der Waals surface area contributed by atoms with E-state index in [4.69, 9.17) is 11.6 Å². The summed E-state index contributed by atoms with van der Waals surface area (Å²) in [6.45, 7) is 0. The Kier molecular flexibility index (Phi) is 5.17. The van der Waals surface area contributed by atoms with Crippen molar-refractivity contribution >= 4 is 50.9 Å². The number of benzene rings is 2. The molecule has 3 amide bonds. The molecule has 128 valence electrons. The summed E-state index contributed by atoms with van der Waals surface area (Å²) in [6.07, 6.45) is -0.0439. The highest BCUT2D eigenvalue weighted by Gasteiger charge is 2.39. The Hall–Kier alpha value is -2.22. The van der Waals surface area contributed by atoms with Gasteiger partial charge in [0.05, 0.1) is 17.7 Å². The van der Waals surface area contributed by atoms with Crippen molar-refractivity contribution in [1.82, 2.24) is 10.9 Å². The minimum absolute atomic E-state index is 0.0439. The third-order valence-electron chi connectivity index (χ3n) is 3.71. The Morgan fingerprint density at radius 1 is 1.12 bits per heavy atom. The predicted molar refractivity (Wildman–Crippen MR) is 97.1 cm³/mol. The molecule has 3 rings (SSSR count). The van der Waals surface area contributed by atoms with Gasteiger partial charge < -0.3 is 0 Å². The monoisotopic (exact) mass is 421 g/mol. The second-order valence-corrected chi connectivity index (χ2v) is 6.67. The number of halogens is 2. The minimum atomic E-state index is -0.824. The third-order valence-corrected chi connectivity index (χ3v) is 4.65. The fourth-order valence-electron chi connectivity index (χ4n) is 2.47. The zero-order valence-corrected chi connectivity index (χ0v) is 15.2. The maximum Gasteiger partial charge on any atom is 0.266 e. The van der Waals surface area contributed by atoms with E-state index in [0.29, 0.717) is 20.7 Å². The number of nitrogens with zero attached hydrogens (tertiary/aromatic N) is 1. The molecule has 2 aromatic rings. The van der Waals surface area contributed by atoms with Crippen molar-refractivity contribution in [3.05, 3.63) is 63.6 Å². The molecule has 2 aromatic carbocycles. The lowest BCUT2D eigenvalue weighted by atomic mass is 10.2. The van der Waals surface area contributed by atoms with Gasteiger partial charge in [-0.3, -0.25) is 19.8 Å². The summed E-state index contributed by atoms with van der Waals surface area (Å²) >= 11 is 9.11. The number of anilines is 1. The van der Waals surface area contributed by atoms with Crippen molar-refractivity contribution in [2.45, 2.75) is 12.5 Å². The van der Waals surface area contributed by atoms with Gasteiger partial charge in [-0.25, -0.2) is 10.3 Å². The van der Waals surface area contributed by atoms with Crippen LogP contribution in [-0.2, 0) is 9.59 Å². The Morgan fingerprint density at radius 3 is 2.48 bits per heavy atom. The fraction of sp³-hybridized carbons (Fsp3) is 0.118. The zero-order chi connectivity index (χ0) is 18.0. The number of hydrazine groups is 1. The quantitative estimate of drug-likeness (QED) is 0.586. The van der Waals surface area contributed by atoms with Gasteiger partial charge in [-0.05, 0) is 52.3 Å². The normalized spacial score (nSPS) is 17.0. The SMILES string of the molecule is O=C(NN[C@@H]1CC(=O)N(c2ccc(Cl)cc2)C1=O)c1ccccc1Br. The molecule has 1 fully saturated rings. The lowest BCUT2D eigenvalue weighted by Crippen LogP contribution is -2.48. The van der Waals surface area contributed by atoms with E-state index in [0.717, 1.165) is 4.90 Å². The number of hydrogen-bond donors (Lipinski definition) is 2. The zero-order valence-electron chi connectivity index (χ0n) is 12.8. The number of amides is 3. The van der Waals surface area contributed by atoms with Gasteiger partial charge in [0.25, 0.3) is 11.8 Å². The molecule has 1 saturated heterocycles. The molecule has 25 heavy (non-hydrogen) atoms. The molecule has 0 radical (unpaired) electrons. The Morgan fingerprint density at radius 2 is 1.80 bits per heavy atom. The molecular weight excluding hydrogens is 410 g/mol. The molecule has 1 aliphatic rings. The summed E-state index contributed by atoms with van der Waals surface area (Å²) in [6, 6.07) is 12.5. The Labute approximate surface area is 157 Å². The highest BCUT2D eigenvalue weighted by Crippen LogP contribution is 2.24. The lowest BCUT2D eigenvalue weighted by molar-refractivity contribution is -0.121. The van der Waals surface area contributed by atoms with E-state index in [-0.39, 0.29) is 12.3 Å². The van der Waals surface area contributed by atoms with E-state index >= 15 is 0 Å². The van der Waals surface area contributed by atoms with Crippen LogP contribution in [0.15, 0.2) is 53.0 Å². The molecule has 1 atom stereocenters. The fourth-order valence-corrected chi connectivity index (χ4v) is 3.06. The first-order chi connectivity index (χ1) is 12.0. The molecular formula is C17H13BrClN3O3. The van der Waals surface area contributed by atoms with Crippen molar-refractivity contribution in [2.75, 3.05) is 4.90 Å². The van der Waals surface area contributed by atoms with E-state index in [2.05, 4.69) is 26.8 Å². The number of rotatable bonds is 4. The van der Waals surface area contributed by atoms with Crippen LogP contribution in [0.5, 0.6) is 0 Å². The van der Waals surface area contributed by atoms with Crippen LogP contribution in [0, 0.1) is 0 Å². The summed E-state index contributed by atoms with van der Waals surface area (Å²) in [5, 5.41) is 0.512. The molecule has 0 unspecified atom stereocenters. The predicted octanol–water partition coefficient (Wildman–Crippen LogP) is 2.67. The first-order valence-corrected chi connectivity index (χ1v) is 8.57. The van der Waals surface area contributed by atoms with E-state index in [1.165, 1.54) is 0 Å². The van der Waals surface area contributed by atoms with E-state index < -0.39 is 17.9 Å². The van der Waals surface area contributed by atoms with Crippen LogP contribution in [0.3, 0.4) is 0 Å². The smallest absolute Gasteiger partial charge is 0.266 e. The summed E-state index contributed by atoms with van der Waals surface area (Å²) < 4.78 is 0.630. The number of imide groups is 1. The molecule has 0 aliphatic carbocycles. The van der Waals surface area contributed by atoms with Gasteiger partial charge in [0.15, 0.2) is 0 Å². The molecule has 1 heterocycles. The standard InChI is InChI=1S/C17H13BrClN3O3/c18-13-4-2-1-3-12(13)16(24)21-20-14-9-15(23)22(17(14)25)11-7-5-10(19)6-8-11/h1-8,14,20H,9H2,(H,21,24)/t14-/m1/s1. The van der Waals surface area contributed by atoms with Gasteiger partial charge in [0.1, 0.15) is 6.04 Å². The maximum atomic E-state index is 12.5. The molecule has 8 heteroatoms.